The Hall–Kier alpha value is -2.28. The van der Waals surface area contributed by atoms with Crippen LogP contribution in [0.2, 0.25) is 5.02 Å². The molecule has 0 saturated heterocycles. The van der Waals surface area contributed by atoms with Gasteiger partial charge in [-0.1, -0.05) is 54.1 Å². The number of alkyl carbamates (subject to hydrolysis) is 1. The molecule has 0 aliphatic carbocycles. The van der Waals surface area contributed by atoms with Crippen LogP contribution in [0, 0.1) is 0 Å². The zero-order chi connectivity index (χ0) is 17.5. The highest BCUT2D eigenvalue weighted by molar-refractivity contribution is 6.32. The van der Waals surface area contributed by atoms with Crippen LogP contribution >= 0.6 is 11.6 Å². The maximum atomic E-state index is 11.6. The summed E-state index contributed by atoms with van der Waals surface area (Å²) in [6, 6.07) is 13.6. The van der Waals surface area contributed by atoms with Gasteiger partial charge in [0.05, 0.1) is 5.02 Å². The summed E-state index contributed by atoms with van der Waals surface area (Å²) in [4.78, 5) is 11.6. The maximum absolute atomic E-state index is 11.6. The number of benzene rings is 2. The molecule has 7 heteroatoms. The molecule has 2 aromatic carbocycles. The number of nitrogens with one attached hydrogen (secondary N) is 1. The number of hydrogen-bond acceptors (Lipinski definition) is 5. The van der Waals surface area contributed by atoms with E-state index in [0.29, 0.717) is 0 Å². The number of carbonyl (C=O) groups excluding carboxylic acids is 1. The minimum absolute atomic E-state index is 0.0639. The first-order valence-electron chi connectivity index (χ1n) is 7.27. The van der Waals surface area contributed by atoms with Crippen molar-refractivity contribution in [1.29, 1.82) is 0 Å². The molecule has 2 atom stereocenters. The molecule has 0 heterocycles. The number of hydrogen-bond donors (Lipinski definition) is 4. The van der Waals surface area contributed by atoms with Gasteiger partial charge in [-0.25, -0.2) is 4.79 Å². The van der Waals surface area contributed by atoms with Crippen molar-refractivity contribution in [1.82, 2.24) is 5.32 Å². The number of para-hydroxylation sites is 1. The number of aromatic hydroxyl groups is 1. The molecule has 2 aromatic rings. The quantitative estimate of drug-likeness (QED) is 0.640. The largest absolute Gasteiger partial charge is 0.506 e. The molecule has 6 nitrogen and oxygen atoms in total. The van der Waals surface area contributed by atoms with Gasteiger partial charge >= 0.3 is 6.09 Å². The van der Waals surface area contributed by atoms with E-state index in [2.05, 4.69) is 5.32 Å². The normalized spacial score (nSPS) is 13.1. The Morgan fingerprint density at radius 1 is 1.12 bits per heavy atom. The molecule has 2 rings (SSSR count). The van der Waals surface area contributed by atoms with E-state index in [4.69, 9.17) is 16.3 Å². The van der Waals surface area contributed by atoms with Crippen molar-refractivity contribution in [3.05, 3.63) is 64.7 Å². The van der Waals surface area contributed by atoms with Crippen LogP contribution in [-0.4, -0.2) is 34.1 Å². The molecule has 0 fully saturated rings. The molecule has 2 unspecified atom stereocenters. The second kappa shape index (κ2) is 8.54. The third-order valence-electron chi connectivity index (χ3n) is 3.37. The van der Waals surface area contributed by atoms with Gasteiger partial charge in [-0.05, 0) is 11.6 Å². The van der Waals surface area contributed by atoms with E-state index < -0.39 is 18.3 Å². The molecule has 0 aliphatic heterocycles. The van der Waals surface area contributed by atoms with Gasteiger partial charge < -0.3 is 25.4 Å². The van der Waals surface area contributed by atoms with Crippen LogP contribution in [0.15, 0.2) is 48.5 Å². The van der Waals surface area contributed by atoms with Crippen LogP contribution in [0.4, 0.5) is 4.79 Å². The molecule has 24 heavy (non-hydrogen) atoms. The summed E-state index contributed by atoms with van der Waals surface area (Å²) in [7, 11) is 0. The summed E-state index contributed by atoms with van der Waals surface area (Å²) in [5.74, 6) is -0.308. The van der Waals surface area contributed by atoms with E-state index in [9.17, 15) is 20.1 Å². The SMILES string of the molecule is O=C(NCC(O)C(O)c1cccc(Cl)c1O)OCc1ccccc1. The van der Waals surface area contributed by atoms with E-state index in [1.165, 1.54) is 18.2 Å². The number of halogens is 1. The predicted molar refractivity (Wildman–Crippen MR) is 88.7 cm³/mol. The third-order valence-corrected chi connectivity index (χ3v) is 3.67. The highest BCUT2D eigenvalue weighted by atomic mass is 35.5. The van der Waals surface area contributed by atoms with Crippen molar-refractivity contribution in [3.8, 4) is 5.75 Å². The van der Waals surface area contributed by atoms with Crippen LogP contribution in [0.5, 0.6) is 5.75 Å². The monoisotopic (exact) mass is 351 g/mol. The predicted octanol–water partition coefficient (Wildman–Crippen LogP) is 2.37. The number of phenolic OH excluding ortho intramolecular Hbond substituents is 1. The number of phenols is 1. The molecule has 0 radical (unpaired) electrons. The first-order chi connectivity index (χ1) is 11.5. The van der Waals surface area contributed by atoms with Gasteiger partial charge in [0.25, 0.3) is 0 Å². The van der Waals surface area contributed by atoms with Gasteiger partial charge in [-0.2, -0.15) is 0 Å². The number of carbonyl (C=O) groups is 1. The second-order valence-electron chi connectivity index (χ2n) is 5.13. The average molecular weight is 352 g/mol. The van der Waals surface area contributed by atoms with Crippen molar-refractivity contribution in [2.45, 2.75) is 18.8 Å². The van der Waals surface area contributed by atoms with Crippen molar-refractivity contribution in [2.24, 2.45) is 0 Å². The topological polar surface area (TPSA) is 99.0 Å². The molecule has 1 amide bonds. The fourth-order valence-electron chi connectivity index (χ4n) is 2.05. The Kier molecular flexibility index (Phi) is 6.43. The second-order valence-corrected chi connectivity index (χ2v) is 5.54. The third kappa shape index (κ3) is 4.86. The fraction of sp³-hybridized carbons (Fsp3) is 0.235. The Morgan fingerprint density at radius 2 is 1.83 bits per heavy atom. The average Bonchev–Trinajstić information content (AvgIpc) is 2.60. The van der Waals surface area contributed by atoms with Gasteiger partial charge in [0.2, 0.25) is 0 Å². The van der Waals surface area contributed by atoms with Gasteiger partial charge in [-0.15, -0.1) is 0 Å². The number of aliphatic hydroxyl groups excluding tert-OH is 2. The lowest BCUT2D eigenvalue weighted by atomic mass is 10.0. The lowest BCUT2D eigenvalue weighted by Crippen LogP contribution is -2.35. The first kappa shape index (κ1) is 18.1. The Bertz CT molecular complexity index is 680. The van der Waals surface area contributed by atoms with Gasteiger partial charge in [0.1, 0.15) is 24.6 Å². The number of rotatable bonds is 6. The molecule has 4 N–H and O–H groups in total. The van der Waals surface area contributed by atoms with E-state index in [-0.39, 0.29) is 29.5 Å². The van der Waals surface area contributed by atoms with Crippen LogP contribution < -0.4 is 5.32 Å². The van der Waals surface area contributed by atoms with Crippen LogP contribution in [-0.2, 0) is 11.3 Å². The Labute approximate surface area is 144 Å². The van der Waals surface area contributed by atoms with Crippen LogP contribution in [0.1, 0.15) is 17.2 Å². The molecule has 0 bridgehead atoms. The zero-order valence-corrected chi connectivity index (χ0v) is 13.5. The smallest absolute Gasteiger partial charge is 0.407 e. The zero-order valence-electron chi connectivity index (χ0n) is 12.7. The fourth-order valence-corrected chi connectivity index (χ4v) is 2.23. The van der Waals surface area contributed by atoms with Crippen LogP contribution in [0.25, 0.3) is 0 Å². The molecule has 0 aromatic heterocycles. The Morgan fingerprint density at radius 3 is 2.54 bits per heavy atom. The molecule has 128 valence electrons. The van der Waals surface area contributed by atoms with E-state index in [1.54, 1.807) is 0 Å². The Balaban J connectivity index is 1.82. The number of aliphatic hydroxyl groups is 2. The van der Waals surface area contributed by atoms with Crippen molar-refractivity contribution >= 4 is 17.7 Å². The summed E-state index contributed by atoms with van der Waals surface area (Å²) >= 11 is 5.76. The highest BCUT2D eigenvalue weighted by Crippen LogP contribution is 2.32. The van der Waals surface area contributed by atoms with Gasteiger partial charge in [-0.3, -0.25) is 0 Å². The molecular weight excluding hydrogens is 334 g/mol. The standard InChI is InChI=1S/C17H18ClNO5/c18-13-8-4-7-12(15(13)21)16(22)14(20)9-19-17(23)24-10-11-5-2-1-3-6-11/h1-8,14,16,20-22H,9-10H2,(H,19,23). The van der Waals surface area contributed by atoms with E-state index >= 15 is 0 Å². The number of ether oxygens (including phenoxy) is 1. The summed E-state index contributed by atoms with van der Waals surface area (Å²) in [5.41, 5.74) is 0.909. The summed E-state index contributed by atoms with van der Waals surface area (Å²) in [6.07, 6.45) is -3.46. The molecule has 0 saturated carbocycles. The van der Waals surface area contributed by atoms with Crippen LogP contribution in [0.3, 0.4) is 0 Å². The summed E-state index contributed by atoms with van der Waals surface area (Å²) in [6.45, 7) is -0.152. The van der Waals surface area contributed by atoms with E-state index in [0.717, 1.165) is 5.56 Å². The van der Waals surface area contributed by atoms with Gasteiger partial charge in [0, 0.05) is 12.1 Å². The molecule has 0 spiro atoms. The molecule has 0 aliphatic rings. The minimum atomic E-state index is -1.40. The summed E-state index contributed by atoms with van der Waals surface area (Å²) in [5, 5.41) is 32.2. The summed E-state index contributed by atoms with van der Waals surface area (Å²) < 4.78 is 4.99. The lowest BCUT2D eigenvalue weighted by Gasteiger charge is -2.19. The van der Waals surface area contributed by atoms with Crippen molar-refractivity contribution in [2.75, 3.05) is 6.54 Å². The lowest BCUT2D eigenvalue weighted by molar-refractivity contribution is 0.0171. The maximum Gasteiger partial charge on any atom is 0.407 e. The van der Waals surface area contributed by atoms with Crippen molar-refractivity contribution in [3.63, 3.8) is 0 Å². The minimum Gasteiger partial charge on any atom is -0.506 e. The van der Waals surface area contributed by atoms with Crippen molar-refractivity contribution < 1.29 is 24.9 Å². The van der Waals surface area contributed by atoms with Gasteiger partial charge in [0.15, 0.2) is 0 Å². The van der Waals surface area contributed by atoms with E-state index in [1.807, 2.05) is 30.3 Å². The highest BCUT2D eigenvalue weighted by Gasteiger charge is 2.23. The number of amides is 1. The first-order valence-corrected chi connectivity index (χ1v) is 7.65. The molecular formula is C17H18ClNO5.